The van der Waals surface area contributed by atoms with Gasteiger partial charge >= 0.3 is 17.9 Å². The summed E-state index contributed by atoms with van der Waals surface area (Å²) in [6, 6.07) is 0. The van der Waals surface area contributed by atoms with Gasteiger partial charge in [-0.1, -0.05) is 358 Å². The molecule has 0 bridgehead atoms. The molecule has 6 nitrogen and oxygen atoms in total. The molecule has 0 aliphatic rings. The molecule has 1 unspecified atom stereocenters. The van der Waals surface area contributed by atoms with E-state index in [1.54, 1.807) is 0 Å². The lowest BCUT2D eigenvalue weighted by Crippen LogP contribution is -2.30. The second-order valence-electron chi connectivity index (χ2n) is 24.1. The molecule has 80 heavy (non-hydrogen) atoms. The van der Waals surface area contributed by atoms with Crippen LogP contribution >= 0.6 is 0 Å². The summed E-state index contributed by atoms with van der Waals surface area (Å²) in [5.74, 6) is -0.856. The van der Waals surface area contributed by atoms with Crippen LogP contribution in [0, 0.1) is 0 Å². The molecule has 0 saturated heterocycles. The first-order valence-electron chi connectivity index (χ1n) is 35.6. The Morgan fingerprint density at radius 2 is 0.487 bits per heavy atom. The molecule has 0 rings (SSSR count). The molecule has 468 valence electrons. The number of unbranched alkanes of at least 4 members (excludes halogenated alkanes) is 47. The van der Waals surface area contributed by atoms with Gasteiger partial charge in [0.15, 0.2) is 6.10 Å². The van der Waals surface area contributed by atoms with Crippen LogP contribution in [0.2, 0.25) is 0 Å². The molecule has 0 aromatic carbocycles. The van der Waals surface area contributed by atoms with Gasteiger partial charge in [-0.2, -0.15) is 0 Å². The van der Waals surface area contributed by atoms with Gasteiger partial charge in [-0.15, -0.1) is 0 Å². The summed E-state index contributed by atoms with van der Waals surface area (Å²) >= 11 is 0. The Balaban J connectivity index is 3.92. The zero-order chi connectivity index (χ0) is 57.8. The molecule has 0 saturated carbocycles. The summed E-state index contributed by atoms with van der Waals surface area (Å²) in [4.78, 5) is 38.0. The van der Waals surface area contributed by atoms with E-state index in [1.807, 2.05) is 0 Å². The Labute approximate surface area is 498 Å². The zero-order valence-corrected chi connectivity index (χ0v) is 53.9. The van der Waals surface area contributed by atoms with Crippen LogP contribution in [0.1, 0.15) is 387 Å². The molecule has 1 atom stereocenters. The van der Waals surface area contributed by atoms with Crippen molar-refractivity contribution in [3.8, 4) is 0 Å². The minimum Gasteiger partial charge on any atom is -0.462 e. The maximum Gasteiger partial charge on any atom is 0.306 e. The van der Waals surface area contributed by atoms with Gasteiger partial charge in [0.1, 0.15) is 13.2 Å². The molecule has 0 aliphatic heterocycles. The number of esters is 3. The van der Waals surface area contributed by atoms with Gasteiger partial charge < -0.3 is 14.2 Å². The fraction of sp³-hybridized carbons (Fsp3) is 0.851. The van der Waals surface area contributed by atoms with E-state index >= 15 is 0 Å². The standard InChI is InChI=1S/C74H136O6/c1-4-7-10-13-15-17-19-21-23-25-27-29-31-33-35-37-39-40-42-44-46-48-50-52-54-56-58-61-64-67-73(76)79-70-71(69-78-72(75)66-63-60-12-9-6-3)80-74(77)68-65-62-59-57-55-53-51-49-47-45-43-41-38-36-34-32-30-28-26-24-22-20-18-16-14-11-8-5-2/h7,10,15,17,21,23,27,29,71H,4-6,8-9,11-14,16,18-20,22,24-26,28,30-70H2,1-3H3/b10-7-,17-15-,23-21-,29-27-. The molecular formula is C74H136O6. The van der Waals surface area contributed by atoms with Crippen LogP contribution < -0.4 is 0 Å². The predicted molar refractivity (Wildman–Crippen MR) is 349 cm³/mol. The SMILES string of the molecule is CC/C=C\C/C=C\C/C=C\C/C=C\CCCCCCCCCCCCCCCCCCC(=O)OCC(COC(=O)CCCCCCC)OC(=O)CCCCCCCCCCCCCCCCCCCCCCCCCCCCCC. The number of rotatable bonds is 66. The Morgan fingerprint density at radius 1 is 0.263 bits per heavy atom. The third kappa shape index (κ3) is 66.2. The average Bonchev–Trinajstić information content (AvgIpc) is 3.46. The molecule has 0 amide bonds. The number of carbonyl (C=O) groups excluding carboxylic acids is 3. The number of allylic oxidation sites excluding steroid dienone is 8. The third-order valence-corrected chi connectivity index (χ3v) is 16.1. The van der Waals surface area contributed by atoms with E-state index < -0.39 is 6.10 Å². The van der Waals surface area contributed by atoms with Crippen LogP contribution in [0.3, 0.4) is 0 Å². The average molecular weight is 1120 g/mol. The Hall–Kier alpha value is -2.63. The van der Waals surface area contributed by atoms with Crippen LogP contribution in [0.4, 0.5) is 0 Å². The van der Waals surface area contributed by atoms with Crippen molar-refractivity contribution in [2.75, 3.05) is 13.2 Å². The predicted octanol–water partition coefficient (Wildman–Crippen LogP) is 24.5. The first-order chi connectivity index (χ1) is 39.5. The second-order valence-corrected chi connectivity index (χ2v) is 24.1. The number of hydrogen-bond donors (Lipinski definition) is 0. The minimum atomic E-state index is -0.767. The highest BCUT2D eigenvalue weighted by Crippen LogP contribution is 2.19. The summed E-state index contributed by atoms with van der Waals surface area (Å²) in [6.07, 6.45) is 87.8. The maximum atomic E-state index is 12.9. The fourth-order valence-electron chi connectivity index (χ4n) is 10.8. The highest BCUT2D eigenvalue weighted by Gasteiger charge is 2.19. The van der Waals surface area contributed by atoms with E-state index in [4.69, 9.17) is 14.2 Å². The quantitative estimate of drug-likeness (QED) is 0.0261. The summed E-state index contributed by atoms with van der Waals surface area (Å²) < 4.78 is 16.8. The van der Waals surface area contributed by atoms with Crippen molar-refractivity contribution < 1.29 is 28.6 Å². The van der Waals surface area contributed by atoms with Gasteiger partial charge in [0.25, 0.3) is 0 Å². The Bertz CT molecular complexity index is 1380. The van der Waals surface area contributed by atoms with Gasteiger partial charge in [-0.25, -0.2) is 0 Å². The van der Waals surface area contributed by atoms with Gasteiger partial charge in [-0.3, -0.25) is 14.4 Å². The highest BCUT2D eigenvalue weighted by molar-refractivity contribution is 5.71. The summed E-state index contributed by atoms with van der Waals surface area (Å²) in [5, 5.41) is 0. The summed E-state index contributed by atoms with van der Waals surface area (Å²) in [7, 11) is 0. The zero-order valence-electron chi connectivity index (χ0n) is 53.9. The topological polar surface area (TPSA) is 78.9 Å². The van der Waals surface area contributed by atoms with Crippen molar-refractivity contribution in [2.45, 2.75) is 393 Å². The number of carbonyl (C=O) groups is 3. The first-order valence-corrected chi connectivity index (χ1v) is 35.6. The summed E-state index contributed by atoms with van der Waals surface area (Å²) in [5.41, 5.74) is 0. The van der Waals surface area contributed by atoms with Crippen molar-refractivity contribution >= 4 is 17.9 Å². The van der Waals surface area contributed by atoms with E-state index in [-0.39, 0.29) is 31.1 Å². The molecule has 0 aromatic rings. The van der Waals surface area contributed by atoms with Crippen molar-refractivity contribution in [3.05, 3.63) is 48.6 Å². The first kappa shape index (κ1) is 77.4. The van der Waals surface area contributed by atoms with Crippen LogP contribution in [0.15, 0.2) is 48.6 Å². The van der Waals surface area contributed by atoms with E-state index in [0.717, 1.165) is 89.9 Å². The normalized spacial score (nSPS) is 12.3. The fourth-order valence-corrected chi connectivity index (χ4v) is 10.8. The van der Waals surface area contributed by atoms with E-state index in [2.05, 4.69) is 69.4 Å². The largest absolute Gasteiger partial charge is 0.462 e. The van der Waals surface area contributed by atoms with Crippen molar-refractivity contribution in [2.24, 2.45) is 0 Å². The minimum absolute atomic E-state index is 0.0678. The Morgan fingerprint density at radius 3 is 0.762 bits per heavy atom. The molecular weight excluding hydrogens is 985 g/mol. The van der Waals surface area contributed by atoms with Crippen LogP contribution in [-0.2, 0) is 28.6 Å². The third-order valence-electron chi connectivity index (χ3n) is 16.1. The Kier molecular flexibility index (Phi) is 66.6. The molecule has 0 aliphatic carbocycles. The second kappa shape index (κ2) is 68.9. The smallest absolute Gasteiger partial charge is 0.306 e. The monoisotopic (exact) mass is 1120 g/mol. The highest BCUT2D eigenvalue weighted by atomic mass is 16.6. The summed E-state index contributed by atoms with van der Waals surface area (Å²) in [6.45, 7) is 6.51. The lowest BCUT2D eigenvalue weighted by molar-refractivity contribution is -0.167. The lowest BCUT2D eigenvalue weighted by Gasteiger charge is -2.18. The van der Waals surface area contributed by atoms with E-state index in [0.29, 0.717) is 19.3 Å². The van der Waals surface area contributed by atoms with E-state index in [9.17, 15) is 14.4 Å². The number of hydrogen-bond acceptors (Lipinski definition) is 6. The molecule has 0 heterocycles. The van der Waals surface area contributed by atoms with Crippen molar-refractivity contribution in [1.82, 2.24) is 0 Å². The maximum absolute atomic E-state index is 12.9. The lowest BCUT2D eigenvalue weighted by atomic mass is 10.0. The van der Waals surface area contributed by atoms with Gasteiger partial charge in [0.05, 0.1) is 0 Å². The molecule has 0 spiro atoms. The van der Waals surface area contributed by atoms with Gasteiger partial charge in [0, 0.05) is 19.3 Å². The van der Waals surface area contributed by atoms with Crippen molar-refractivity contribution in [3.63, 3.8) is 0 Å². The van der Waals surface area contributed by atoms with Gasteiger partial charge in [0.2, 0.25) is 0 Å². The molecule has 0 aromatic heterocycles. The number of ether oxygens (including phenoxy) is 3. The molecule has 0 fully saturated rings. The molecule has 6 heteroatoms. The van der Waals surface area contributed by atoms with Crippen molar-refractivity contribution in [1.29, 1.82) is 0 Å². The van der Waals surface area contributed by atoms with Crippen LogP contribution in [0.5, 0.6) is 0 Å². The molecule has 0 radical (unpaired) electrons. The van der Waals surface area contributed by atoms with Crippen LogP contribution in [-0.4, -0.2) is 37.2 Å². The van der Waals surface area contributed by atoms with Gasteiger partial charge in [-0.05, 0) is 57.8 Å². The van der Waals surface area contributed by atoms with E-state index in [1.165, 1.54) is 257 Å². The molecule has 0 N–H and O–H groups in total. The van der Waals surface area contributed by atoms with Crippen LogP contribution in [0.25, 0.3) is 0 Å².